The van der Waals surface area contributed by atoms with Crippen LogP contribution in [0.15, 0.2) is 54.9 Å². The zero-order valence-electron chi connectivity index (χ0n) is 17.4. The lowest BCUT2D eigenvalue weighted by Crippen LogP contribution is -2.42. The summed E-state index contributed by atoms with van der Waals surface area (Å²) < 4.78 is 21.9. The number of hydrogen-bond donors (Lipinski definition) is 1. The van der Waals surface area contributed by atoms with Gasteiger partial charge in [-0.15, -0.1) is 0 Å². The van der Waals surface area contributed by atoms with Crippen LogP contribution in [0.5, 0.6) is 0 Å². The lowest BCUT2D eigenvalue weighted by Gasteiger charge is -2.40. The lowest BCUT2D eigenvalue weighted by atomic mass is 9.88. The highest BCUT2D eigenvalue weighted by Crippen LogP contribution is 2.38. The first-order valence-electron chi connectivity index (χ1n) is 9.56. The number of hydrogen-bond acceptors (Lipinski definition) is 4. The predicted octanol–water partition coefficient (Wildman–Crippen LogP) is 6.49. The van der Waals surface area contributed by atoms with Crippen LogP contribution in [0.25, 0.3) is 16.5 Å². The number of rotatable bonds is 3. The first kappa shape index (κ1) is 21.8. The van der Waals surface area contributed by atoms with Crippen LogP contribution in [0.4, 0.5) is 10.1 Å². The second kappa shape index (κ2) is 7.91. The Balaban J connectivity index is 1.57. The minimum absolute atomic E-state index is 0.111. The summed E-state index contributed by atoms with van der Waals surface area (Å²) in [5.41, 5.74) is 5.87. The molecule has 5 nitrogen and oxygen atoms in total. The van der Waals surface area contributed by atoms with Gasteiger partial charge in [-0.1, -0.05) is 22.0 Å². The summed E-state index contributed by atoms with van der Waals surface area (Å²) in [6, 6.07) is 8.56. The third kappa shape index (κ3) is 4.06. The van der Waals surface area contributed by atoms with Gasteiger partial charge in [-0.05, 0) is 72.6 Å². The highest BCUT2D eigenvalue weighted by Gasteiger charge is 2.29. The molecular formula is C23H20Br2FN3O2. The molecule has 8 heteroatoms. The summed E-state index contributed by atoms with van der Waals surface area (Å²) in [5, 5.41) is 4.70. The topological polar surface area (TPSA) is 57.8 Å². The van der Waals surface area contributed by atoms with Crippen LogP contribution in [0.2, 0.25) is 0 Å². The Hall–Kier alpha value is -2.45. The standard InChI is InChI=1S/C23H20Br2FN3O2/c1-12-10-23(2,3)29(4)19-9-18(26)14(6-16(12)19)11-27-28-22(30)20-7-13-5-15(24)8-17(25)21(13)31-20/h5-11H,1-4H3,(H,28,30)/b27-11-. The number of amides is 1. The zero-order chi connectivity index (χ0) is 22.5. The summed E-state index contributed by atoms with van der Waals surface area (Å²) in [6.45, 7) is 6.17. The van der Waals surface area contributed by atoms with Crippen LogP contribution in [0, 0.1) is 5.82 Å². The number of halogens is 3. The van der Waals surface area contributed by atoms with Gasteiger partial charge in [0.1, 0.15) is 11.4 Å². The Morgan fingerprint density at radius 1 is 1.23 bits per heavy atom. The van der Waals surface area contributed by atoms with E-state index in [1.54, 1.807) is 12.1 Å². The van der Waals surface area contributed by atoms with Gasteiger partial charge in [0.2, 0.25) is 0 Å². The van der Waals surface area contributed by atoms with Crippen LogP contribution in [-0.2, 0) is 0 Å². The second-order valence-electron chi connectivity index (χ2n) is 8.05. The van der Waals surface area contributed by atoms with Crippen molar-refractivity contribution >= 4 is 66.2 Å². The number of nitrogens with one attached hydrogen (secondary N) is 1. The first-order chi connectivity index (χ1) is 14.6. The molecule has 0 saturated heterocycles. The fourth-order valence-corrected chi connectivity index (χ4v) is 5.03. The summed E-state index contributed by atoms with van der Waals surface area (Å²) in [6.07, 6.45) is 3.45. The van der Waals surface area contributed by atoms with Gasteiger partial charge in [0.15, 0.2) is 5.76 Å². The number of anilines is 1. The number of benzene rings is 2. The lowest BCUT2D eigenvalue weighted by molar-refractivity contribution is 0.0929. The van der Waals surface area contributed by atoms with Crippen molar-refractivity contribution in [3.63, 3.8) is 0 Å². The van der Waals surface area contributed by atoms with E-state index in [9.17, 15) is 9.18 Å². The predicted molar refractivity (Wildman–Crippen MR) is 129 cm³/mol. The quantitative estimate of drug-likeness (QED) is 0.300. The van der Waals surface area contributed by atoms with E-state index < -0.39 is 11.7 Å². The Morgan fingerprint density at radius 3 is 2.71 bits per heavy atom. The molecule has 0 atom stereocenters. The number of allylic oxidation sites excluding steroid dienone is 1. The van der Waals surface area contributed by atoms with Crippen molar-refractivity contribution in [2.45, 2.75) is 26.3 Å². The number of nitrogens with zero attached hydrogens (tertiary/aromatic N) is 2. The maximum atomic E-state index is 14.7. The molecule has 4 rings (SSSR count). The molecule has 0 saturated carbocycles. The zero-order valence-corrected chi connectivity index (χ0v) is 20.6. The molecule has 0 fully saturated rings. The van der Waals surface area contributed by atoms with E-state index in [0.29, 0.717) is 5.58 Å². The molecule has 1 aliphatic heterocycles. The molecule has 0 aliphatic carbocycles. The Morgan fingerprint density at radius 2 is 1.97 bits per heavy atom. The van der Waals surface area contributed by atoms with Crippen molar-refractivity contribution in [1.29, 1.82) is 0 Å². The molecule has 160 valence electrons. The number of furan rings is 1. The molecule has 1 aliphatic rings. The molecule has 1 amide bonds. The SMILES string of the molecule is CC1=CC(C)(C)N(C)c2cc(F)c(/C=N\NC(=O)c3cc4cc(Br)cc(Br)c4o3)cc21. The number of carbonyl (C=O) groups excluding carboxylic acids is 1. The van der Waals surface area contributed by atoms with E-state index in [4.69, 9.17) is 4.42 Å². The highest BCUT2D eigenvalue weighted by atomic mass is 79.9. The van der Waals surface area contributed by atoms with Crippen molar-refractivity contribution in [3.8, 4) is 0 Å². The number of likely N-dealkylation sites (N-methyl/N-ethyl adjacent to an activating group) is 1. The first-order valence-corrected chi connectivity index (χ1v) is 11.1. The van der Waals surface area contributed by atoms with E-state index in [0.717, 1.165) is 31.2 Å². The fraction of sp³-hybridized carbons (Fsp3) is 0.217. The van der Waals surface area contributed by atoms with Crippen LogP contribution < -0.4 is 10.3 Å². The minimum atomic E-state index is -0.522. The van der Waals surface area contributed by atoms with E-state index in [-0.39, 0.29) is 16.9 Å². The maximum Gasteiger partial charge on any atom is 0.307 e. The third-order valence-corrected chi connectivity index (χ3v) is 6.51. The van der Waals surface area contributed by atoms with Gasteiger partial charge < -0.3 is 9.32 Å². The molecule has 0 bridgehead atoms. The van der Waals surface area contributed by atoms with Gasteiger partial charge in [-0.25, -0.2) is 9.82 Å². The van der Waals surface area contributed by atoms with Crippen LogP contribution in [0.1, 0.15) is 42.5 Å². The molecule has 2 aromatic carbocycles. The molecule has 0 radical (unpaired) electrons. The van der Waals surface area contributed by atoms with Crippen LogP contribution in [0.3, 0.4) is 0 Å². The fourth-order valence-electron chi connectivity index (χ4n) is 3.69. The van der Waals surface area contributed by atoms with E-state index in [2.05, 4.69) is 62.3 Å². The highest BCUT2D eigenvalue weighted by molar-refractivity contribution is 9.11. The van der Waals surface area contributed by atoms with Gasteiger partial charge >= 0.3 is 5.91 Å². The van der Waals surface area contributed by atoms with Crippen molar-refractivity contribution in [2.75, 3.05) is 11.9 Å². The normalized spacial score (nSPS) is 15.3. The molecule has 31 heavy (non-hydrogen) atoms. The second-order valence-corrected chi connectivity index (χ2v) is 9.82. The summed E-state index contributed by atoms with van der Waals surface area (Å²) >= 11 is 6.82. The van der Waals surface area contributed by atoms with E-state index >= 15 is 0 Å². The average Bonchev–Trinajstić information content (AvgIpc) is 3.11. The Bertz CT molecular complexity index is 1280. The number of hydrazone groups is 1. The van der Waals surface area contributed by atoms with Gasteiger partial charge in [0.05, 0.1) is 16.2 Å². The van der Waals surface area contributed by atoms with Crippen LogP contribution in [-0.4, -0.2) is 24.7 Å². The molecule has 3 aromatic rings. The van der Waals surface area contributed by atoms with Crippen molar-refractivity contribution in [3.05, 3.63) is 68.1 Å². The largest absolute Gasteiger partial charge is 0.450 e. The minimum Gasteiger partial charge on any atom is -0.450 e. The summed E-state index contributed by atoms with van der Waals surface area (Å²) in [4.78, 5) is 14.5. The molecule has 1 aromatic heterocycles. The molecule has 2 heterocycles. The maximum absolute atomic E-state index is 14.7. The third-order valence-electron chi connectivity index (χ3n) is 5.46. The van der Waals surface area contributed by atoms with Crippen molar-refractivity contribution < 1.29 is 13.6 Å². The van der Waals surface area contributed by atoms with E-state index in [1.165, 1.54) is 12.3 Å². The Kier molecular flexibility index (Phi) is 5.55. The van der Waals surface area contributed by atoms with Gasteiger partial charge in [0, 0.05) is 33.7 Å². The molecule has 0 spiro atoms. The van der Waals surface area contributed by atoms with E-state index in [1.807, 2.05) is 31.0 Å². The summed E-state index contributed by atoms with van der Waals surface area (Å²) in [7, 11) is 1.94. The van der Waals surface area contributed by atoms with Gasteiger partial charge in [-0.3, -0.25) is 4.79 Å². The van der Waals surface area contributed by atoms with Gasteiger partial charge in [-0.2, -0.15) is 5.10 Å². The van der Waals surface area contributed by atoms with Crippen molar-refractivity contribution in [2.24, 2.45) is 5.10 Å². The molecule has 1 N–H and O–H groups in total. The van der Waals surface area contributed by atoms with Crippen molar-refractivity contribution in [1.82, 2.24) is 5.43 Å². The molecule has 0 unspecified atom stereocenters. The Labute approximate surface area is 196 Å². The van der Waals surface area contributed by atoms with Gasteiger partial charge in [0.25, 0.3) is 0 Å². The average molecular weight is 549 g/mol. The number of carbonyl (C=O) groups is 1. The van der Waals surface area contributed by atoms with Crippen LogP contribution >= 0.6 is 31.9 Å². The summed E-state index contributed by atoms with van der Waals surface area (Å²) in [5.74, 6) is -0.822. The molecular weight excluding hydrogens is 529 g/mol. The number of fused-ring (bicyclic) bond motifs is 2. The monoisotopic (exact) mass is 547 g/mol. The smallest absolute Gasteiger partial charge is 0.307 e.